The predicted molar refractivity (Wildman–Crippen MR) is 77.8 cm³/mol. The Kier molecular flexibility index (Phi) is 4.67. The van der Waals surface area contributed by atoms with Gasteiger partial charge in [-0.15, -0.1) is 21.5 Å². The van der Waals surface area contributed by atoms with Gasteiger partial charge in [-0.05, 0) is 28.1 Å². The van der Waals surface area contributed by atoms with Crippen LogP contribution < -0.4 is 5.32 Å². The van der Waals surface area contributed by atoms with Gasteiger partial charge in [0.05, 0.1) is 8.66 Å². The molecule has 0 aliphatic carbocycles. The van der Waals surface area contributed by atoms with Crippen LogP contribution in [0.25, 0.3) is 9.88 Å². The second-order valence-electron chi connectivity index (χ2n) is 3.96. The largest absolute Gasteiger partial charge is 0.314 e. The minimum Gasteiger partial charge on any atom is -0.314 e. The molecule has 0 unspecified atom stereocenters. The zero-order valence-electron chi connectivity index (χ0n) is 9.74. The summed E-state index contributed by atoms with van der Waals surface area (Å²) in [5.74, 6) is 0. The highest BCUT2D eigenvalue weighted by Crippen LogP contribution is 2.32. The Bertz CT molecular complexity index is 479. The van der Waals surface area contributed by atoms with Gasteiger partial charge in [-0.25, -0.2) is 0 Å². The highest BCUT2D eigenvalue weighted by atomic mass is 79.9. The molecule has 2 aromatic heterocycles. The van der Waals surface area contributed by atoms with Crippen LogP contribution in [0.1, 0.15) is 18.9 Å². The van der Waals surface area contributed by atoms with Gasteiger partial charge in [0.25, 0.3) is 0 Å². The lowest BCUT2D eigenvalue weighted by molar-refractivity contribution is 0.588. The molecule has 0 bridgehead atoms. The molecule has 3 nitrogen and oxygen atoms in total. The Balaban J connectivity index is 1.96. The molecule has 0 saturated carbocycles. The first-order chi connectivity index (χ1) is 8.15. The topological polar surface area (TPSA) is 37.8 Å². The van der Waals surface area contributed by atoms with Gasteiger partial charge < -0.3 is 5.32 Å². The molecule has 2 rings (SSSR count). The number of aromatic nitrogens is 2. The van der Waals surface area contributed by atoms with E-state index in [2.05, 4.69) is 51.4 Å². The third-order valence-electron chi connectivity index (χ3n) is 2.14. The molecule has 2 heterocycles. The van der Waals surface area contributed by atoms with Crippen LogP contribution in [0.3, 0.4) is 0 Å². The number of thiophene rings is 1. The summed E-state index contributed by atoms with van der Waals surface area (Å²) in [6, 6.07) is 4.64. The van der Waals surface area contributed by atoms with E-state index < -0.39 is 0 Å². The third kappa shape index (κ3) is 3.84. The van der Waals surface area contributed by atoms with Gasteiger partial charge in [-0.1, -0.05) is 25.2 Å². The summed E-state index contributed by atoms with van der Waals surface area (Å²) in [7, 11) is 0. The molecule has 2 aromatic rings. The van der Waals surface area contributed by atoms with E-state index in [0.717, 1.165) is 26.8 Å². The quantitative estimate of drug-likeness (QED) is 0.910. The smallest absolute Gasteiger partial charge is 0.157 e. The molecular formula is C11H14BrN3S2. The van der Waals surface area contributed by atoms with E-state index in [1.807, 2.05) is 6.07 Å². The minimum absolute atomic E-state index is 0.524. The van der Waals surface area contributed by atoms with E-state index in [1.165, 1.54) is 4.88 Å². The standard InChI is InChI=1S/C11H14BrN3S2/c1-7(2)13-6-5-10-14-15-11(17-10)8-3-4-9(12)16-8/h3-4,7,13H,5-6H2,1-2H3. The summed E-state index contributed by atoms with van der Waals surface area (Å²) in [5, 5.41) is 13.9. The van der Waals surface area contributed by atoms with Crippen molar-refractivity contribution < 1.29 is 0 Å². The molecule has 0 saturated heterocycles. The normalized spacial score (nSPS) is 11.3. The fourth-order valence-corrected chi connectivity index (χ4v) is 3.63. The van der Waals surface area contributed by atoms with Gasteiger partial charge >= 0.3 is 0 Å². The molecule has 17 heavy (non-hydrogen) atoms. The number of hydrogen-bond acceptors (Lipinski definition) is 5. The molecule has 1 N–H and O–H groups in total. The minimum atomic E-state index is 0.524. The van der Waals surface area contributed by atoms with E-state index in [9.17, 15) is 0 Å². The number of hydrogen-bond donors (Lipinski definition) is 1. The molecule has 92 valence electrons. The zero-order valence-corrected chi connectivity index (χ0v) is 13.0. The van der Waals surface area contributed by atoms with Crippen LogP contribution in [0.5, 0.6) is 0 Å². The lowest BCUT2D eigenvalue weighted by Gasteiger charge is -2.04. The molecule has 0 fully saturated rings. The van der Waals surface area contributed by atoms with Crippen molar-refractivity contribution in [3.63, 3.8) is 0 Å². The molecular weight excluding hydrogens is 318 g/mol. The van der Waals surface area contributed by atoms with Crippen LogP contribution in [-0.4, -0.2) is 22.8 Å². The first kappa shape index (κ1) is 13.1. The van der Waals surface area contributed by atoms with Crippen molar-refractivity contribution in [2.75, 3.05) is 6.54 Å². The van der Waals surface area contributed by atoms with Crippen molar-refractivity contribution in [2.45, 2.75) is 26.3 Å². The number of nitrogens with one attached hydrogen (secondary N) is 1. The number of nitrogens with zero attached hydrogens (tertiary/aromatic N) is 2. The van der Waals surface area contributed by atoms with Gasteiger partial charge in [-0.3, -0.25) is 0 Å². The van der Waals surface area contributed by atoms with E-state index in [0.29, 0.717) is 6.04 Å². The zero-order chi connectivity index (χ0) is 12.3. The summed E-state index contributed by atoms with van der Waals surface area (Å²) < 4.78 is 1.13. The summed E-state index contributed by atoms with van der Waals surface area (Å²) in [6.07, 6.45) is 0.947. The summed E-state index contributed by atoms with van der Waals surface area (Å²) in [4.78, 5) is 1.18. The second kappa shape index (κ2) is 6.04. The molecule has 0 amide bonds. The van der Waals surface area contributed by atoms with Gasteiger partial charge in [-0.2, -0.15) is 0 Å². The van der Waals surface area contributed by atoms with Crippen LogP contribution in [0.15, 0.2) is 15.9 Å². The molecule has 0 atom stereocenters. The average Bonchev–Trinajstić information content (AvgIpc) is 2.86. The maximum Gasteiger partial charge on any atom is 0.157 e. The van der Waals surface area contributed by atoms with Crippen molar-refractivity contribution in [1.82, 2.24) is 15.5 Å². The van der Waals surface area contributed by atoms with E-state index >= 15 is 0 Å². The van der Waals surface area contributed by atoms with Crippen molar-refractivity contribution in [1.29, 1.82) is 0 Å². The molecule has 0 aromatic carbocycles. The van der Waals surface area contributed by atoms with Crippen LogP contribution in [0.2, 0.25) is 0 Å². The van der Waals surface area contributed by atoms with Crippen molar-refractivity contribution >= 4 is 38.6 Å². The van der Waals surface area contributed by atoms with Crippen LogP contribution in [-0.2, 0) is 6.42 Å². The lowest BCUT2D eigenvalue weighted by atomic mass is 10.3. The molecule has 6 heteroatoms. The lowest BCUT2D eigenvalue weighted by Crippen LogP contribution is -2.24. The summed E-state index contributed by atoms with van der Waals surface area (Å²) >= 11 is 6.83. The van der Waals surface area contributed by atoms with Crippen LogP contribution >= 0.6 is 38.6 Å². The van der Waals surface area contributed by atoms with Gasteiger partial charge in [0, 0.05) is 19.0 Å². The van der Waals surface area contributed by atoms with Crippen molar-refractivity contribution in [3.8, 4) is 9.88 Å². The average molecular weight is 332 g/mol. The van der Waals surface area contributed by atoms with Gasteiger partial charge in [0.1, 0.15) is 5.01 Å². The van der Waals surface area contributed by atoms with E-state index in [4.69, 9.17) is 0 Å². The second-order valence-corrected chi connectivity index (χ2v) is 7.49. The monoisotopic (exact) mass is 331 g/mol. The Labute approximate surface area is 117 Å². The third-order valence-corrected chi connectivity index (χ3v) is 4.92. The highest BCUT2D eigenvalue weighted by Gasteiger charge is 2.08. The van der Waals surface area contributed by atoms with E-state index in [1.54, 1.807) is 22.7 Å². The fraction of sp³-hybridized carbons (Fsp3) is 0.455. The van der Waals surface area contributed by atoms with Gasteiger partial charge in [0.2, 0.25) is 0 Å². The predicted octanol–water partition coefficient (Wildman–Crippen LogP) is 3.57. The molecule has 0 aliphatic heterocycles. The number of halogens is 1. The Morgan fingerprint density at radius 1 is 1.29 bits per heavy atom. The number of rotatable bonds is 5. The maximum atomic E-state index is 4.23. The first-order valence-corrected chi connectivity index (χ1v) is 7.89. The first-order valence-electron chi connectivity index (χ1n) is 5.46. The molecule has 0 aliphatic rings. The van der Waals surface area contributed by atoms with E-state index in [-0.39, 0.29) is 0 Å². The maximum absolute atomic E-state index is 4.23. The summed E-state index contributed by atoms with van der Waals surface area (Å²) in [5.41, 5.74) is 0. The van der Waals surface area contributed by atoms with Crippen molar-refractivity contribution in [2.24, 2.45) is 0 Å². The SMILES string of the molecule is CC(C)NCCc1nnc(-c2ccc(Br)s2)s1. The summed E-state index contributed by atoms with van der Waals surface area (Å²) in [6.45, 7) is 5.25. The molecule has 0 spiro atoms. The van der Waals surface area contributed by atoms with Gasteiger partial charge in [0.15, 0.2) is 5.01 Å². The van der Waals surface area contributed by atoms with Crippen LogP contribution in [0, 0.1) is 0 Å². The molecule has 0 radical (unpaired) electrons. The highest BCUT2D eigenvalue weighted by molar-refractivity contribution is 9.11. The Morgan fingerprint density at radius 3 is 2.76 bits per heavy atom. The van der Waals surface area contributed by atoms with Crippen molar-refractivity contribution in [3.05, 3.63) is 20.9 Å². The van der Waals surface area contributed by atoms with Crippen LogP contribution in [0.4, 0.5) is 0 Å². The Morgan fingerprint density at radius 2 is 2.12 bits per heavy atom. The Hall–Kier alpha value is -0.300. The fourth-order valence-electron chi connectivity index (χ4n) is 1.35.